The van der Waals surface area contributed by atoms with Crippen LogP contribution >= 0.6 is 0 Å². The van der Waals surface area contributed by atoms with Crippen LogP contribution in [0.4, 0.5) is 5.82 Å². The van der Waals surface area contributed by atoms with Crippen LogP contribution in [0.25, 0.3) is 0 Å². The van der Waals surface area contributed by atoms with Crippen molar-refractivity contribution in [1.29, 1.82) is 0 Å². The van der Waals surface area contributed by atoms with Gasteiger partial charge in [0.15, 0.2) is 0 Å². The normalized spacial score (nSPS) is 11.7. The van der Waals surface area contributed by atoms with E-state index in [2.05, 4.69) is 38.1 Å². The lowest BCUT2D eigenvalue weighted by Crippen LogP contribution is -2.42. The SMILES string of the molecule is CCCCCCCCCCCC(=O)N(CC(=O)Nc1cc(C(C)(C)C)nn1C)C(C)C. The van der Waals surface area contributed by atoms with E-state index in [1.165, 1.54) is 44.9 Å². The fourth-order valence-electron chi connectivity index (χ4n) is 3.58. The summed E-state index contributed by atoms with van der Waals surface area (Å²) >= 11 is 0. The molecule has 1 N–H and O–H groups in total. The maximum absolute atomic E-state index is 12.7. The summed E-state index contributed by atoms with van der Waals surface area (Å²) in [5.41, 5.74) is 0.836. The van der Waals surface area contributed by atoms with Gasteiger partial charge in [-0.1, -0.05) is 79.1 Å². The number of nitrogens with zero attached hydrogens (tertiary/aromatic N) is 3. The monoisotopic (exact) mass is 434 g/mol. The van der Waals surface area contributed by atoms with Gasteiger partial charge in [-0.15, -0.1) is 0 Å². The highest BCUT2D eigenvalue weighted by Gasteiger charge is 2.22. The van der Waals surface area contributed by atoms with Crippen LogP contribution in [0.5, 0.6) is 0 Å². The molecule has 0 bridgehead atoms. The largest absolute Gasteiger partial charge is 0.331 e. The Morgan fingerprint density at radius 3 is 2.06 bits per heavy atom. The van der Waals surface area contributed by atoms with Gasteiger partial charge >= 0.3 is 0 Å². The summed E-state index contributed by atoms with van der Waals surface area (Å²) in [7, 11) is 1.82. The van der Waals surface area contributed by atoms with E-state index < -0.39 is 0 Å². The van der Waals surface area contributed by atoms with Crippen molar-refractivity contribution in [3.63, 3.8) is 0 Å². The van der Waals surface area contributed by atoms with Crippen molar-refractivity contribution < 1.29 is 9.59 Å². The van der Waals surface area contributed by atoms with Gasteiger partial charge in [-0.25, -0.2) is 0 Å². The van der Waals surface area contributed by atoms with Crippen molar-refractivity contribution >= 4 is 17.6 Å². The van der Waals surface area contributed by atoms with Gasteiger partial charge in [0, 0.05) is 31.0 Å². The molecule has 0 radical (unpaired) electrons. The van der Waals surface area contributed by atoms with Gasteiger partial charge in [-0.05, 0) is 20.3 Å². The van der Waals surface area contributed by atoms with E-state index in [9.17, 15) is 9.59 Å². The summed E-state index contributed by atoms with van der Waals surface area (Å²) in [4.78, 5) is 27.0. The van der Waals surface area contributed by atoms with Crippen molar-refractivity contribution in [2.45, 2.75) is 117 Å². The third-order valence-electron chi connectivity index (χ3n) is 5.67. The zero-order valence-corrected chi connectivity index (χ0v) is 21.1. The fraction of sp³-hybridized carbons (Fsp3) is 0.800. The van der Waals surface area contributed by atoms with Crippen LogP contribution in [0.1, 0.15) is 111 Å². The van der Waals surface area contributed by atoms with E-state index in [1.807, 2.05) is 27.0 Å². The van der Waals surface area contributed by atoms with Crippen LogP contribution in [-0.4, -0.2) is 39.1 Å². The summed E-state index contributed by atoms with van der Waals surface area (Å²) in [6.07, 6.45) is 11.6. The standard InChI is InChI=1S/C25H46N4O2/c1-8-9-10-11-12-13-14-15-16-17-24(31)29(20(2)3)19-23(30)26-22-18-21(25(4,5)6)27-28(22)7/h18,20H,8-17,19H2,1-7H3,(H,26,30). The Morgan fingerprint density at radius 1 is 1.03 bits per heavy atom. The Labute approximate surface area is 190 Å². The second-order valence-electron chi connectivity index (χ2n) is 10.0. The summed E-state index contributed by atoms with van der Waals surface area (Å²) in [5, 5.41) is 7.41. The van der Waals surface area contributed by atoms with Gasteiger partial charge in [-0.2, -0.15) is 5.10 Å². The van der Waals surface area contributed by atoms with Gasteiger partial charge < -0.3 is 10.2 Å². The molecule has 6 heteroatoms. The number of aromatic nitrogens is 2. The molecule has 0 aromatic carbocycles. The van der Waals surface area contributed by atoms with Gasteiger partial charge in [0.1, 0.15) is 12.4 Å². The van der Waals surface area contributed by atoms with Crippen molar-refractivity contribution in [2.24, 2.45) is 7.05 Å². The number of anilines is 1. The van der Waals surface area contributed by atoms with Crippen molar-refractivity contribution in [1.82, 2.24) is 14.7 Å². The minimum atomic E-state index is -0.183. The second-order valence-corrected chi connectivity index (χ2v) is 10.0. The summed E-state index contributed by atoms with van der Waals surface area (Å²) in [5.74, 6) is 0.538. The number of rotatable bonds is 14. The first-order valence-electron chi connectivity index (χ1n) is 12.2. The summed E-state index contributed by atoms with van der Waals surface area (Å²) < 4.78 is 1.68. The van der Waals surface area contributed by atoms with Crippen LogP contribution < -0.4 is 5.32 Å². The van der Waals surface area contributed by atoms with Gasteiger partial charge in [0.05, 0.1) is 5.69 Å². The molecule has 0 fully saturated rings. The Morgan fingerprint density at radius 2 is 1.58 bits per heavy atom. The second kappa shape index (κ2) is 13.5. The molecule has 1 rings (SSSR count). The quantitative estimate of drug-likeness (QED) is 0.375. The maximum atomic E-state index is 12.7. The molecule has 2 amide bonds. The molecule has 1 heterocycles. The third kappa shape index (κ3) is 10.3. The Hall–Kier alpha value is -1.85. The minimum Gasteiger partial charge on any atom is -0.331 e. The van der Waals surface area contributed by atoms with Crippen LogP contribution in [-0.2, 0) is 22.1 Å². The highest BCUT2D eigenvalue weighted by molar-refractivity contribution is 5.94. The average molecular weight is 435 g/mol. The van der Waals surface area contributed by atoms with E-state index in [0.29, 0.717) is 12.2 Å². The van der Waals surface area contributed by atoms with E-state index in [1.54, 1.807) is 9.58 Å². The number of amides is 2. The van der Waals surface area contributed by atoms with Crippen LogP contribution in [0.3, 0.4) is 0 Å². The van der Waals surface area contributed by atoms with Crippen molar-refractivity contribution in [2.75, 3.05) is 11.9 Å². The number of carbonyl (C=O) groups excluding carboxylic acids is 2. The number of nitrogens with one attached hydrogen (secondary N) is 1. The van der Waals surface area contributed by atoms with Gasteiger partial charge in [0.2, 0.25) is 11.8 Å². The zero-order chi connectivity index (χ0) is 23.4. The molecule has 31 heavy (non-hydrogen) atoms. The first-order valence-corrected chi connectivity index (χ1v) is 12.2. The van der Waals surface area contributed by atoms with E-state index in [0.717, 1.165) is 18.5 Å². The van der Waals surface area contributed by atoms with Gasteiger partial charge in [0.25, 0.3) is 0 Å². The lowest BCUT2D eigenvalue weighted by Gasteiger charge is -2.26. The van der Waals surface area contributed by atoms with Crippen LogP contribution in [0, 0.1) is 0 Å². The minimum absolute atomic E-state index is 0.00603. The Kier molecular flexibility index (Phi) is 11.9. The molecule has 1 aromatic rings. The average Bonchev–Trinajstić information content (AvgIpc) is 3.05. The lowest BCUT2D eigenvalue weighted by atomic mass is 9.92. The molecule has 6 nitrogen and oxygen atoms in total. The van der Waals surface area contributed by atoms with E-state index in [4.69, 9.17) is 0 Å². The van der Waals surface area contributed by atoms with Crippen molar-refractivity contribution in [3.8, 4) is 0 Å². The molecule has 0 aliphatic heterocycles. The fourth-order valence-corrected chi connectivity index (χ4v) is 3.58. The molecule has 0 aliphatic carbocycles. The molecular weight excluding hydrogens is 388 g/mol. The molecule has 0 saturated heterocycles. The molecular formula is C25H46N4O2. The van der Waals surface area contributed by atoms with Gasteiger partial charge in [-0.3, -0.25) is 14.3 Å². The molecule has 0 aliphatic rings. The lowest BCUT2D eigenvalue weighted by molar-refractivity contribution is -0.136. The van der Waals surface area contributed by atoms with Crippen LogP contribution in [0.2, 0.25) is 0 Å². The Balaban J connectivity index is 2.43. The molecule has 178 valence electrons. The first-order chi connectivity index (χ1) is 14.6. The maximum Gasteiger partial charge on any atom is 0.245 e. The van der Waals surface area contributed by atoms with Crippen molar-refractivity contribution in [3.05, 3.63) is 11.8 Å². The summed E-state index contributed by atoms with van der Waals surface area (Å²) in [6.45, 7) is 12.5. The first kappa shape index (κ1) is 27.2. The molecule has 0 unspecified atom stereocenters. The number of unbranched alkanes of at least 4 members (excludes halogenated alkanes) is 8. The molecule has 0 spiro atoms. The number of aryl methyl sites for hydroxylation is 1. The van der Waals surface area contributed by atoms with Crippen LogP contribution in [0.15, 0.2) is 6.07 Å². The highest BCUT2D eigenvalue weighted by Crippen LogP contribution is 2.23. The summed E-state index contributed by atoms with van der Waals surface area (Å²) in [6, 6.07) is 1.90. The predicted molar refractivity (Wildman–Crippen MR) is 129 cm³/mol. The molecule has 0 atom stereocenters. The number of carbonyl (C=O) groups is 2. The zero-order valence-electron chi connectivity index (χ0n) is 21.1. The smallest absolute Gasteiger partial charge is 0.245 e. The molecule has 1 aromatic heterocycles. The third-order valence-corrected chi connectivity index (χ3v) is 5.67. The topological polar surface area (TPSA) is 67.2 Å². The van der Waals surface area contributed by atoms with E-state index in [-0.39, 0.29) is 29.8 Å². The Bertz CT molecular complexity index is 674. The predicted octanol–water partition coefficient (Wildman–Crippen LogP) is 5.81. The number of hydrogen-bond acceptors (Lipinski definition) is 3. The number of hydrogen-bond donors (Lipinski definition) is 1. The highest BCUT2D eigenvalue weighted by atomic mass is 16.2. The molecule has 0 saturated carbocycles. The van der Waals surface area contributed by atoms with E-state index >= 15 is 0 Å².